The van der Waals surface area contributed by atoms with Crippen LogP contribution in [0, 0.1) is 20.8 Å². The highest BCUT2D eigenvalue weighted by Gasteiger charge is 2.40. The van der Waals surface area contributed by atoms with Crippen molar-refractivity contribution in [1.82, 2.24) is 30.3 Å². The zero-order chi connectivity index (χ0) is 35.8. The number of amides is 4. The molecule has 4 amide bonds. The Morgan fingerprint density at radius 3 is 2.69 bits per heavy atom. The second-order valence-electron chi connectivity index (χ2n) is 12.6. The van der Waals surface area contributed by atoms with Crippen molar-refractivity contribution in [1.29, 1.82) is 0 Å². The third-order valence-electron chi connectivity index (χ3n) is 9.33. The van der Waals surface area contributed by atoms with E-state index in [0.29, 0.717) is 54.9 Å². The monoisotopic (exact) mass is 745 g/mol. The molecule has 264 valence electrons. The Hall–Kier alpha value is -4.37. The fourth-order valence-electron chi connectivity index (χ4n) is 6.65. The number of nitrogens with one attached hydrogen (secondary N) is 2. The van der Waals surface area contributed by atoms with Gasteiger partial charge in [0.05, 0.1) is 25.3 Å². The molecule has 5 heterocycles. The number of aromatic nitrogens is 3. The second-order valence-corrected chi connectivity index (χ2v) is 15.4. The summed E-state index contributed by atoms with van der Waals surface area (Å²) in [5.74, 6) is 0.893. The van der Waals surface area contributed by atoms with E-state index in [9.17, 15) is 19.2 Å². The first kappa shape index (κ1) is 35.1. The molecular formula is C36H36ClN7O5S2. The number of aliphatic imine (C=N–C) groups is 1. The van der Waals surface area contributed by atoms with Crippen LogP contribution >= 0.6 is 34.7 Å². The Bertz CT molecular complexity index is 2080. The number of carbonyl (C=O) groups is 4. The highest BCUT2D eigenvalue weighted by Crippen LogP contribution is 2.40. The summed E-state index contributed by atoms with van der Waals surface area (Å²) < 4.78 is 7.86. The predicted molar refractivity (Wildman–Crippen MR) is 195 cm³/mol. The van der Waals surface area contributed by atoms with Crippen molar-refractivity contribution in [3.8, 4) is 5.00 Å². The predicted octanol–water partition coefficient (Wildman–Crippen LogP) is 4.88. The van der Waals surface area contributed by atoms with Gasteiger partial charge in [0, 0.05) is 56.7 Å². The maximum atomic E-state index is 13.3. The molecule has 4 aromatic rings. The topological polar surface area (TPSA) is 148 Å². The number of halogens is 1. The normalized spacial score (nSPS) is 18.2. The molecule has 0 saturated carbocycles. The highest BCUT2D eigenvalue weighted by molar-refractivity contribution is 7.99. The fraction of sp³-hybridized carbons (Fsp3) is 0.361. The minimum Gasteiger partial charge on any atom is -0.379 e. The summed E-state index contributed by atoms with van der Waals surface area (Å²) in [4.78, 5) is 59.2. The average Bonchev–Trinajstić information content (AvgIpc) is 3.72. The summed E-state index contributed by atoms with van der Waals surface area (Å²) >= 11 is 9.45. The van der Waals surface area contributed by atoms with Gasteiger partial charge in [0.1, 0.15) is 22.9 Å². The molecule has 2 N–H and O–H groups in total. The number of hydrogen-bond acceptors (Lipinski definition) is 10. The van der Waals surface area contributed by atoms with Gasteiger partial charge in [-0.25, -0.2) is 0 Å². The molecule has 2 aromatic carbocycles. The second kappa shape index (κ2) is 14.7. The molecule has 1 fully saturated rings. The summed E-state index contributed by atoms with van der Waals surface area (Å²) in [5, 5.41) is 15.8. The number of carbonyl (C=O) groups excluding carboxylic acids is 4. The number of thiophene rings is 1. The molecule has 1 unspecified atom stereocenters. The van der Waals surface area contributed by atoms with Gasteiger partial charge in [-0.05, 0) is 62.6 Å². The number of rotatable bonds is 11. The van der Waals surface area contributed by atoms with Gasteiger partial charge in [-0.1, -0.05) is 29.8 Å². The van der Waals surface area contributed by atoms with Gasteiger partial charge < -0.3 is 15.0 Å². The molecule has 0 bridgehead atoms. The van der Waals surface area contributed by atoms with Crippen molar-refractivity contribution in [2.24, 2.45) is 4.99 Å². The summed E-state index contributed by atoms with van der Waals surface area (Å²) in [6, 6.07) is 12.0. The molecule has 51 heavy (non-hydrogen) atoms. The summed E-state index contributed by atoms with van der Waals surface area (Å²) in [6.07, 6.45) is 0.631. The van der Waals surface area contributed by atoms with Crippen LogP contribution in [0.25, 0.3) is 5.00 Å². The molecule has 0 radical (unpaired) electrons. The molecule has 3 aliphatic heterocycles. The highest BCUT2D eigenvalue weighted by atomic mass is 35.5. The first-order valence-corrected chi connectivity index (χ1v) is 18.9. The number of fused-ring (bicyclic) bond motifs is 4. The van der Waals surface area contributed by atoms with Gasteiger partial charge in [0.25, 0.3) is 5.91 Å². The van der Waals surface area contributed by atoms with Crippen molar-refractivity contribution < 1.29 is 23.9 Å². The molecule has 2 aromatic heterocycles. The largest absolute Gasteiger partial charge is 0.379 e. The van der Waals surface area contributed by atoms with Crippen LogP contribution in [-0.4, -0.2) is 80.6 Å². The van der Waals surface area contributed by atoms with Crippen LogP contribution in [0.1, 0.15) is 74.4 Å². The maximum Gasteiger partial charge on any atom is 0.255 e. The lowest BCUT2D eigenvalue weighted by atomic mass is 9.99. The average molecular weight is 746 g/mol. The van der Waals surface area contributed by atoms with Crippen LogP contribution in [-0.2, 0) is 25.7 Å². The van der Waals surface area contributed by atoms with Crippen molar-refractivity contribution in [3.05, 3.63) is 91.8 Å². The van der Waals surface area contributed by atoms with Crippen LogP contribution in [0.15, 0.2) is 52.4 Å². The van der Waals surface area contributed by atoms with Gasteiger partial charge in [-0.15, -0.1) is 33.3 Å². The molecule has 7 rings (SSSR count). The Morgan fingerprint density at radius 1 is 1.10 bits per heavy atom. The molecule has 2 atom stereocenters. The summed E-state index contributed by atoms with van der Waals surface area (Å²) in [5.41, 5.74) is 5.31. The summed E-state index contributed by atoms with van der Waals surface area (Å²) in [7, 11) is 0. The third-order valence-corrected chi connectivity index (χ3v) is 11.8. The standard InChI is InChI=1S/C36H36ClN7O5S2/c1-19-20(2)51-36-31(19)32(22-7-9-23(37)10-8-22)39-26(33-42-41-21(3)44(33)36)17-30(46)38-13-14-49-15-16-50-28-6-4-5-24-25(28)18-43(35(24)48)27-11-12-29(45)40-34(27)47/h4-10,26-27H,11-18H2,1-3H3,(H,38,46)(H,40,45,47)/t26-,27?/m0/s1. The van der Waals surface area contributed by atoms with Crippen LogP contribution in [0.2, 0.25) is 5.02 Å². The zero-order valence-corrected chi connectivity index (χ0v) is 30.7. The number of thioether (sulfide) groups is 1. The zero-order valence-electron chi connectivity index (χ0n) is 28.3. The Kier molecular flexibility index (Phi) is 10.1. The molecule has 0 spiro atoms. The van der Waals surface area contributed by atoms with Gasteiger partial charge in [-0.3, -0.25) is 34.1 Å². The SMILES string of the molecule is Cc1sc2c(c1C)C(c1ccc(Cl)cc1)=N[C@@H](CC(=O)NCCOCCSc1cccc3c1CN(C1CCC(=O)NC1=O)C3=O)c1nnc(C)n1-2. The van der Waals surface area contributed by atoms with Gasteiger partial charge in [-0.2, -0.15) is 0 Å². The minimum absolute atomic E-state index is 0.0890. The van der Waals surface area contributed by atoms with Crippen LogP contribution in [0.3, 0.4) is 0 Å². The molecule has 3 aliphatic rings. The maximum absolute atomic E-state index is 13.3. The van der Waals surface area contributed by atoms with Crippen molar-refractivity contribution in [3.63, 3.8) is 0 Å². The van der Waals surface area contributed by atoms with Gasteiger partial charge in [0.15, 0.2) is 5.82 Å². The van der Waals surface area contributed by atoms with Crippen molar-refractivity contribution in [2.75, 3.05) is 25.5 Å². The van der Waals surface area contributed by atoms with E-state index in [0.717, 1.165) is 43.7 Å². The molecule has 1 saturated heterocycles. The van der Waals surface area contributed by atoms with E-state index in [1.165, 1.54) is 4.88 Å². The third kappa shape index (κ3) is 6.97. The van der Waals surface area contributed by atoms with Crippen molar-refractivity contribution >= 4 is 64.0 Å². The number of hydrogen-bond donors (Lipinski definition) is 2. The van der Waals surface area contributed by atoms with Gasteiger partial charge >= 0.3 is 0 Å². The summed E-state index contributed by atoms with van der Waals surface area (Å²) in [6.45, 7) is 7.51. The molecule has 12 nitrogen and oxygen atoms in total. The number of nitrogens with zero attached hydrogens (tertiary/aromatic N) is 5. The lowest BCUT2D eigenvalue weighted by Gasteiger charge is -2.29. The van der Waals surface area contributed by atoms with Crippen LogP contribution in [0.4, 0.5) is 0 Å². The van der Waals surface area contributed by atoms with E-state index in [-0.39, 0.29) is 30.6 Å². The minimum atomic E-state index is -0.650. The van der Waals surface area contributed by atoms with E-state index >= 15 is 0 Å². The van der Waals surface area contributed by atoms with E-state index in [1.54, 1.807) is 34.1 Å². The van der Waals surface area contributed by atoms with Gasteiger partial charge in [0.2, 0.25) is 17.7 Å². The quantitative estimate of drug-likeness (QED) is 0.126. The Labute approximate surface area is 308 Å². The first-order chi connectivity index (χ1) is 24.6. The number of aryl methyl sites for hydroxylation is 2. The first-order valence-electron chi connectivity index (χ1n) is 16.7. The number of piperidine rings is 1. The van der Waals surface area contributed by atoms with E-state index in [2.05, 4.69) is 34.7 Å². The lowest BCUT2D eigenvalue weighted by Crippen LogP contribution is -2.52. The Morgan fingerprint density at radius 2 is 1.90 bits per heavy atom. The fourth-order valence-corrected chi connectivity index (χ4v) is 8.93. The number of imide groups is 1. The van der Waals surface area contributed by atoms with Crippen molar-refractivity contribution in [2.45, 2.75) is 63.6 Å². The number of benzene rings is 2. The van der Waals surface area contributed by atoms with E-state index < -0.39 is 18.0 Å². The van der Waals surface area contributed by atoms with Crippen LogP contribution < -0.4 is 10.6 Å². The molecule has 0 aliphatic carbocycles. The smallest absolute Gasteiger partial charge is 0.255 e. The Balaban J connectivity index is 0.937. The van der Waals surface area contributed by atoms with E-state index in [1.807, 2.05) is 47.9 Å². The van der Waals surface area contributed by atoms with Crippen LogP contribution in [0.5, 0.6) is 0 Å². The molecular weight excluding hydrogens is 710 g/mol. The molecule has 15 heteroatoms. The van der Waals surface area contributed by atoms with E-state index in [4.69, 9.17) is 21.3 Å². The lowest BCUT2D eigenvalue weighted by molar-refractivity contribution is -0.137. The number of ether oxygens (including phenoxy) is 1.